The Kier molecular flexibility index (Phi) is 6.08. The normalized spacial score (nSPS) is 17.2. The lowest BCUT2D eigenvalue weighted by atomic mass is 10.1. The van der Waals surface area contributed by atoms with Crippen molar-refractivity contribution in [3.8, 4) is 10.6 Å². The van der Waals surface area contributed by atoms with E-state index in [-0.39, 0.29) is 18.6 Å². The van der Waals surface area contributed by atoms with Crippen LogP contribution in [-0.2, 0) is 0 Å². The Morgan fingerprint density at radius 2 is 2.20 bits per heavy atom. The molecule has 7 nitrogen and oxygen atoms in total. The summed E-state index contributed by atoms with van der Waals surface area (Å²) in [5, 5.41) is 22.4. The molecule has 1 aliphatic rings. The Labute approximate surface area is 179 Å². The molecule has 1 saturated heterocycles. The summed E-state index contributed by atoms with van der Waals surface area (Å²) < 4.78 is 0. The molecule has 0 saturated carbocycles. The first-order valence-electron chi connectivity index (χ1n) is 9.95. The predicted molar refractivity (Wildman–Crippen MR) is 117 cm³/mol. The van der Waals surface area contributed by atoms with Crippen LogP contribution in [-0.4, -0.2) is 50.2 Å². The number of aromatic nitrogens is 2. The minimum absolute atomic E-state index is 0.00116. The van der Waals surface area contributed by atoms with Gasteiger partial charge in [-0.3, -0.25) is 4.79 Å². The fourth-order valence-electron chi connectivity index (χ4n) is 3.59. The summed E-state index contributed by atoms with van der Waals surface area (Å²) in [6, 6.07) is 12.9. The maximum Gasteiger partial charge on any atom is 0.264 e. The number of rotatable bonds is 6. The molecule has 3 N–H and O–H groups in total. The number of benzene rings is 1. The zero-order valence-electron chi connectivity index (χ0n) is 16.7. The van der Waals surface area contributed by atoms with Gasteiger partial charge in [-0.05, 0) is 55.7 Å². The van der Waals surface area contributed by atoms with Crippen molar-refractivity contribution in [1.82, 2.24) is 14.9 Å². The summed E-state index contributed by atoms with van der Waals surface area (Å²) in [7, 11) is 0. The fraction of sp³-hybridized carbons (Fsp3) is 0.318. The minimum atomic E-state index is -0.554. The van der Waals surface area contributed by atoms with Crippen LogP contribution in [0.15, 0.2) is 48.7 Å². The molecule has 4 rings (SSSR count). The van der Waals surface area contributed by atoms with Crippen LogP contribution in [0.3, 0.4) is 0 Å². The van der Waals surface area contributed by atoms with E-state index in [2.05, 4.69) is 15.3 Å². The number of nitrogens with zero attached hydrogens (tertiary/aromatic N) is 3. The molecule has 0 bridgehead atoms. The highest BCUT2D eigenvalue weighted by Gasteiger charge is 2.29. The molecular formula is C22H24N4O3S. The van der Waals surface area contributed by atoms with Gasteiger partial charge in [0.1, 0.15) is 0 Å². The van der Waals surface area contributed by atoms with Crippen molar-refractivity contribution >= 4 is 28.9 Å². The van der Waals surface area contributed by atoms with Gasteiger partial charge in [-0.15, -0.1) is 11.3 Å². The zero-order chi connectivity index (χ0) is 21.1. The van der Waals surface area contributed by atoms with E-state index in [1.54, 1.807) is 18.0 Å². The van der Waals surface area contributed by atoms with Crippen LogP contribution in [0.4, 0.5) is 11.6 Å². The highest BCUT2D eigenvalue weighted by molar-refractivity contribution is 7.17. The molecule has 1 aromatic carbocycles. The number of carbonyl (C=O) groups is 1. The van der Waals surface area contributed by atoms with Crippen molar-refractivity contribution in [2.75, 3.05) is 18.5 Å². The standard InChI is InChI=1S/C22H24N4O3S/c1-14(28)15-4-2-5-16(12-15)24-22-23-10-9-18(25-22)19-7-8-20(30-19)21(29)26-11-3-6-17(26)13-27/h2,4-5,7-10,12,14,17,27-28H,3,6,11,13H2,1H3,(H,23,24,25)/t14?,17-/m0/s1. The van der Waals surface area contributed by atoms with Gasteiger partial charge in [0.25, 0.3) is 5.91 Å². The van der Waals surface area contributed by atoms with Gasteiger partial charge < -0.3 is 20.4 Å². The number of amides is 1. The van der Waals surface area contributed by atoms with E-state index in [1.807, 2.05) is 42.5 Å². The van der Waals surface area contributed by atoms with Crippen LogP contribution in [0.25, 0.3) is 10.6 Å². The largest absolute Gasteiger partial charge is 0.394 e. The third-order valence-electron chi connectivity index (χ3n) is 5.20. The van der Waals surface area contributed by atoms with Crippen molar-refractivity contribution in [1.29, 1.82) is 0 Å². The Bertz CT molecular complexity index is 1040. The Morgan fingerprint density at radius 1 is 1.33 bits per heavy atom. The van der Waals surface area contributed by atoms with E-state index >= 15 is 0 Å². The lowest BCUT2D eigenvalue weighted by Gasteiger charge is -2.22. The van der Waals surface area contributed by atoms with Gasteiger partial charge in [-0.2, -0.15) is 0 Å². The van der Waals surface area contributed by atoms with Crippen molar-refractivity contribution in [3.63, 3.8) is 0 Å². The Balaban J connectivity index is 1.52. The van der Waals surface area contributed by atoms with E-state index in [9.17, 15) is 15.0 Å². The number of thiophene rings is 1. The molecule has 1 unspecified atom stereocenters. The first-order valence-corrected chi connectivity index (χ1v) is 10.8. The molecule has 0 radical (unpaired) electrons. The number of hydrogen-bond donors (Lipinski definition) is 3. The lowest BCUT2D eigenvalue weighted by molar-refractivity contribution is 0.0682. The second kappa shape index (κ2) is 8.91. The number of aliphatic hydroxyl groups is 2. The van der Waals surface area contributed by atoms with Crippen LogP contribution >= 0.6 is 11.3 Å². The number of hydrogen-bond acceptors (Lipinski definition) is 7. The number of aliphatic hydroxyl groups excluding tert-OH is 2. The molecule has 2 aromatic heterocycles. The van der Waals surface area contributed by atoms with Crippen LogP contribution in [0.1, 0.15) is 41.1 Å². The molecule has 1 fully saturated rings. The lowest BCUT2D eigenvalue weighted by Crippen LogP contribution is -2.37. The maximum absolute atomic E-state index is 12.8. The first-order chi connectivity index (χ1) is 14.5. The van der Waals surface area contributed by atoms with E-state index in [1.165, 1.54) is 11.3 Å². The van der Waals surface area contributed by atoms with Crippen molar-refractivity contribution in [2.45, 2.75) is 31.9 Å². The van der Waals surface area contributed by atoms with Crippen LogP contribution in [0.5, 0.6) is 0 Å². The molecule has 0 spiro atoms. The minimum Gasteiger partial charge on any atom is -0.394 e. The van der Waals surface area contributed by atoms with Gasteiger partial charge >= 0.3 is 0 Å². The highest BCUT2D eigenvalue weighted by Crippen LogP contribution is 2.30. The van der Waals surface area contributed by atoms with E-state index in [0.29, 0.717) is 17.4 Å². The Hall–Kier alpha value is -2.81. The number of anilines is 2. The van der Waals surface area contributed by atoms with E-state index < -0.39 is 6.10 Å². The summed E-state index contributed by atoms with van der Waals surface area (Å²) in [6.45, 7) is 2.41. The number of nitrogens with one attached hydrogen (secondary N) is 1. The van der Waals surface area contributed by atoms with Crippen molar-refractivity contribution in [2.24, 2.45) is 0 Å². The molecule has 156 valence electrons. The summed E-state index contributed by atoms with van der Waals surface area (Å²) in [5.74, 6) is 0.404. The summed E-state index contributed by atoms with van der Waals surface area (Å²) in [6.07, 6.45) is 2.89. The van der Waals surface area contributed by atoms with Gasteiger partial charge in [-0.25, -0.2) is 9.97 Å². The number of carbonyl (C=O) groups excluding carboxylic acids is 1. The molecule has 8 heteroatoms. The Morgan fingerprint density at radius 3 is 3.00 bits per heavy atom. The highest BCUT2D eigenvalue weighted by atomic mass is 32.1. The number of likely N-dealkylation sites (tertiary alicyclic amines) is 1. The van der Waals surface area contributed by atoms with E-state index in [0.717, 1.165) is 34.7 Å². The van der Waals surface area contributed by atoms with Crippen LogP contribution in [0, 0.1) is 0 Å². The molecule has 3 aromatic rings. The topological polar surface area (TPSA) is 98.6 Å². The third-order valence-corrected chi connectivity index (χ3v) is 6.29. The van der Waals surface area contributed by atoms with Gasteiger partial charge in [0.2, 0.25) is 5.95 Å². The average Bonchev–Trinajstić information content (AvgIpc) is 3.43. The molecule has 1 amide bonds. The monoisotopic (exact) mass is 424 g/mol. The van der Waals surface area contributed by atoms with Crippen LogP contribution < -0.4 is 5.32 Å². The zero-order valence-corrected chi connectivity index (χ0v) is 17.5. The second-order valence-corrected chi connectivity index (χ2v) is 8.42. The molecule has 0 aliphatic carbocycles. The third kappa shape index (κ3) is 4.35. The second-order valence-electron chi connectivity index (χ2n) is 7.33. The summed E-state index contributed by atoms with van der Waals surface area (Å²) in [5.41, 5.74) is 2.32. The van der Waals surface area contributed by atoms with Gasteiger partial charge in [0, 0.05) is 18.4 Å². The molecule has 1 aliphatic heterocycles. The fourth-order valence-corrected chi connectivity index (χ4v) is 4.52. The van der Waals surface area contributed by atoms with Gasteiger partial charge in [0.05, 0.1) is 34.2 Å². The first kappa shape index (κ1) is 20.5. The molecular weight excluding hydrogens is 400 g/mol. The van der Waals surface area contributed by atoms with Crippen molar-refractivity contribution < 1.29 is 15.0 Å². The van der Waals surface area contributed by atoms with Crippen molar-refractivity contribution in [3.05, 3.63) is 59.1 Å². The van der Waals surface area contributed by atoms with Crippen LogP contribution in [0.2, 0.25) is 0 Å². The molecule has 3 heterocycles. The summed E-state index contributed by atoms with van der Waals surface area (Å²) >= 11 is 1.39. The van der Waals surface area contributed by atoms with E-state index in [4.69, 9.17) is 0 Å². The molecule has 30 heavy (non-hydrogen) atoms. The molecule has 2 atom stereocenters. The SMILES string of the molecule is CC(O)c1cccc(Nc2nccc(-c3ccc(C(=O)N4CCC[C@H]4CO)s3)n2)c1. The van der Waals surface area contributed by atoms with Gasteiger partial charge in [-0.1, -0.05) is 12.1 Å². The predicted octanol–water partition coefficient (Wildman–Crippen LogP) is 3.60. The maximum atomic E-state index is 12.8. The summed E-state index contributed by atoms with van der Waals surface area (Å²) in [4.78, 5) is 24.9. The quantitative estimate of drug-likeness (QED) is 0.559. The average molecular weight is 425 g/mol. The van der Waals surface area contributed by atoms with Gasteiger partial charge in [0.15, 0.2) is 0 Å². The smallest absolute Gasteiger partial charge is 0.264 e.